The van der Waals surface area contributed by atoms with Crippen LogP contribution >= 0.6 is 0 Å². The average Bonchev–Trinajstić information content (AvgIpc) is 2.91. The summed E-state index contributed by atoms with van der Waals surface area (Å²) in [6.07, 6.45) is 1.66. The van der Waals surface area contributed by atoms with E-state index in [-0.39, 0.29) is 5.91 Å². The highest BCUT2D eigenvalue weighted by molar-refractivity contribution is 5.87. The Hall–Kier alpha value is -2.38. The molecule has 8 heteroatoms. The lowest BCUT2D eigenvalue weighted by Crippen LogP contribution is -2.39. The van der Waals surface area contributed by atoms with E-state index in [4.69, 9.17) is 0 Å². The van der Waals surface area contributed by atoms with Gasteiger partial charge < -0.3 is 16.0 Å². The molecule has 108 valence electrons. The summed E-state index contributed by atoms with van der Waals surface area (Å²) in [5.41, 5.74) is 0.0971. The van der Waals surface area contributed by atoms with E-state index in [2.05, 4.69) is 36.1 Å². The van der Waals surface area contributed by atoms with Crippen molar-refractivity contribution in [3.8, 4) is 0 Å². The number of anilines is 2. The van der Waals surface area contributed by atoms with Crippen molar-refractivity contribution in [2.45, 2.75) is 13.8 Å². The summed E-state index contributed by atoms with van der Waals surface area (Å²) in [4.78, 5) is 20.4. The minimum atomic E-state index is -0.546. The Bertz CT molecular complexity index is 619. The van der Waals surface area contributed by atoms with E-state index in [0.29, 0.717) is 24.0 Å². The first-order chi connectivity index (χ1) is 9.47. The fourth-order valence-corrected chi connectivity index (χ4v) is 1.80. The van der Waals surface area contributed by atoms with Crippen molar-refractivity contribution in [1.82, 2.24) is 25.5 Å². The maximum atomic E-state index is 11.8. The Labute approximate surface area is 116 Å². The van der Waals surface area contributed by atoms with Crippen LogP contribution in [-0.4, -0.2) is 46.7 Å². The molecular weight excluding hydrogens is 258 g/mol. The van der Waals surface area contributed by atoms with Gasteiger partial charge in [-0.1, -0.05) is 0 Å². The second-order valence-corrected chi connectivity index (χ2v) is 5.09. The molecule has 2 aromatic heterocycles. The minimum Gasteiger partial charge on any atom is -0.368 e. The normalized spacial score (nSPS) is 11.4. The van der Waals surface area contributed by atoms with Crippen molar-refractivity contribution >= 4 is 28.7 Å². The van der Waals surface area contributed by atoms with Crippen LogP contribution in [-0.2, 0) is 4.79 Å². The Kier molecular flexibility index (Phi) is 3.73. The van der Waals surface area contributed by atoms with E-state index in [1.165, 1.54) is 0 Å². The molecule has 8 nitrogen and oxygen atoms in total. The van der Waals surface area contributed by atoms with Gasteiger partial charge in [0.15, 0.2) is 5.65 Å². The van der Waals surface area contributed by atoms with Crippen LogP contribution in [0.5, 0.6) is 0 Å². The monoisotopic (exact) mass is 277 g/mol. The Balaban J connectivity index is 2.25. The first kappa shape index (κ1) is 14.0. The largest absolute Gasteiger partial charge is 0.368 e. The molecule has 0 aromatic carbocycles. The van der Waals surface area contributed by atoms with Gasteiger partial charge in [0.1, 0.15) is 5.82 Å². The molecule has 0 saturated heterocycles. The molecule has 0 aliphatic heterocycles. The van der Waals surface area contributed by atoms with Crippen molar-refractivity contribution in [3.05, 3.63) is 6.20 Å². The van der Waals surface area contributed by atoms with Crippen LogP contribution in [0.4, 0.5) is 11.8 Å². The third-order valence-electron chi connectivity index (χ3n) is 3.07. The van der Waals surface area contributed by atoms with Crippen LogP contribution in [0.15, 0.2) is 6.20 Å². The van der Waals surface area contributed by atoms with Gasteiger partial charge in [0, 0.05) is 20.6 Å². The van der Waals surface area contributed by atoms with Gasteiger partial charge in [-0.2, -0.15) is 15.1 Å². The molecule has 0 fully saturated rings. The third-order valence-corrected chi connectivity index (χ3v) is 3.07. The van der Waals surface area contributed by atoms with Crippen molar-refractivity contribution in [3.63, 3.8) is 0 Å². The van der Waals surface area contributed by atoms with E-state index >= 15 is 0 Å². The third kappa shape index (κ3) is 2.63. The number of H-pyrrole nitrogens is 1. The van der Waals surface area contributed by atoms with Crippen LogP contribution in [0.1, 0.15) is 13.8 Å². The molecule has 0 spiro atoms. The number of nitrogens with zero attached hydrogens (tertiary/aromatic N) is 3. The fourth-order valence-electron chi connectivity index (χ4n) is 1.80. The van der Waals surface area contributed by atoms with E-state index in [1.54, 1.807) is 20.3 Å². The van der Waals surface area contributed by atoms with Gasteiger partial charge >= 0.3 is 0 Å². The zero-order valence-corrected chi connectivity index (χ0v) is 12.0. The molecule has 0 radical (unpaired) electrons. The number of hydrogen-bond donors (Lipinski definition) is 4. The van der Waals surface area contributed by atoms with Crippen LogP contribution < -0.4 is 16.0 Å². The van der Waals surface area contributed by atoms with E-state index in [9.17, 15) is 4.79 Å². The molecule has 2 heterocycles. The highest BCUT2D eigenvalue weighted by Crippen LogP contribution is 2.22. The average molecular weight is 277 g/mol. The fraction of sp³-hybridized carbons (Fsp3) is 0.500. The Morgan fingerprint density at radius 3 is 2.75 bits per heavy atom. The van der Waals surface area contributed by atoms with Gasteiger partial charge in [-0.3, -0.25) is 9.89 Å². The van der Waals surface area contributed by atoms with E-state index in [1.807, 2.05) is 13.8 Å². The molecule has 0 aliphatic rings. The summed E-state index contributed by atoms with van der Waals surface area (Å²) in [5, 5.41) is 16.3. The first-order valence-electron chi connectivity index (χ1n) is 6.33. The quantitative estimate of drug-likeness (QED) is 0.636. The molecular formula is C12H19N7O. The first-order valence-corrected chi connectivity index (χ1v) is 6.33. The topological polar surface area (TPSA) is 108 Å². The maximum absolute atomic E-state index is 11.8. The van der Waals surface area contributed by atoms with Gasteiger partial charge in [0.05, 0.1) is 17.0 Å². The molecule has 4 N–H and O–H groups in total. The highest BCUT2D eigenvalue weighted by Gasteiger charge is 2.26. The second-order valence-electron chi connectivity index (χ2n) is 5.09. The van der Waals surface area contributed by atoms with Crippen LogP contribution in [0.3, 0.4) is 0 Å². The second kappa shape index (κ2) is 5.32. The SMILES string of the molecule is CNC(=O)C(C)(C)CNc1nc(NC)nc2[nH]ncc12. The highest BCUT2D eigenvalue weighted by atomic mass is 16.2. The number of fused-ring (bicyclic) bond motifs is 1. The number of carbonyl (C=O) groups excluding carboxylic acids is 1. The maximum Gasteiger partial charge on any atom is 0.227 e. The number of hydrogen-bond acceptors (Lipinski definition) is 6. The molecule has 2 aromatic rings. The van der Waals surface area contributed by atoms with Gasteiger partial charge in [-0.05, 0) is 13.8 Å². The summed E-state index contributed by atoms with van der Waals surface area (Å²) in [6.45, 7) is 4.18. The molecule has 0 atom stereocenters. The zero-order chi connectivity index (χ0) is 14.8. The summed E-state index contributed by atoms with van der Waals surface area (Å²) in [5.74, 6) is 1.10. The van der Waals surface area contributed by atoms with Crippen molar-refractivity contribution in [2.24, 2.45) is 5.41 Å². The number of aromatic amines is 1. The zero-order valence-electron chi connectivity index (χ0n) is 12.0. The minimum absolute atomic E-state index is 0.0312. The summed E-state index contributed by atoms with van der Waals surface area (Å²) in [7, 11) is 3.37. The predicted molar refractivity (Wildman–Crippen MR) is 77.6 cm³/mol. The Morgan fingerprint density at radius 1 is 1.35 bits per heavy atom. The van der Waals surface area contributed by atoms with Crippen LogP contribution in [0.25, 0.3) is 11.0 Å². The summed E-state index contributed by atoms with van der Waals surface area (Å²) in [6, 6.07) is 0. The number of amides is 1. The van der Waals surface area contributed by atoms with Gasteiger partial charge in [-0.15, -0.1) is 0 Å². The smallest absolute Gasteiger partial charge is 0.227 e. The van der Waals surface area contributed by atoms with Crippen molar-refractivity contribution in [2.75, 3.05) is 31.3 Å². The number of nitrogens with one attached hydrogen (secondary N) is 4. The lowest BCUT2D eigenvalue weighted by molar-refractivity contribution is -0.128. The standard InChI is InChI=1S/C12H19N7O/c1-12(2,10(20)13-3)6-15-8-7-5-16-19-9(7)18-11(14-4)17-8/h5H,6H2,1-4H3,(H,13,20)(H3,14,15,16,17,18,19). The van der Waals surface area contributed by atoms with E-state index < -0.39 is 5.41 Å². The molecule has 1 amide bonds. The number of rotatable bonds is 5. The van der Waals surface area contributed by atoms with Crippen molar-refractivity contribution < 1.29 is 4.79 Å². The summed E-state index contributed by atoms with van der Waals surface area (Å²) >= 11 is 0. The molecule has 0 saturated carbocycles. The Morgan fingerprint density at radius 2 is 2.10 bits per heavy atom. The molecule has 0 unspecified atom stereocenters. The molecule has 0 aliphatic carbocycles. The lowest BCUT2D eigenvalue weighted by atomic mass is 9.92. The van der Waals surface area contributed by atoms with Crippen LogP contribution in [0, 0.1) is 5.41 Å². The van der Waals surface area contributed by atoms with E-state index in [0.717, 1.165) is 5.39 Å². The summed E-state index contributed by atoms with van der Waals surface area (Å²) < 4.78 is 0. The van der Waals surface area contributed by atoms with Crippen molar-refractivity contribution in [1.29, 1.82) is 0 Å². The van der Waals surface area contributed by atoms with Crippen LogP contribution in [0.2, 0.25) is 0 Å². The van der Waals surface area contributed by atoms with Gasteiger partial charge in [0.2, 0.25) is 11.9 Å². The number of carbonyl (C=O) groups is 1. The number of aromatic nitrogens is 4. The van der Waals surface area contributed by atoms with Gasteiger partial charge in [0.25, 0.3) is 0 Å². The molecule has 0 bridgehead atoms. The van der Waals surface area contributed by atoms with Gasteiger partial charge in [-0.25, -0.2) is 0 Å². The molecule has 20 heavy (non-hydrogen) atoms. The lowest BCUT2D eigenvalue weighted by Gasteiger charge is -2.23. The molecule has 2 rings (SSSR count). The predicted octanol–water partition coefficient (Wildman–Crippen LogP) is 0.579.